The van der Waals surface area contributed by atoms with Crippen molar-refractivity contribution in [3.8, 4) is 0 Å². The van der Waals surface area contributed by atoms with Crippen molar-refractivity contribution in [2.45, 2.75) is 19.3 Å². The lowest BCUT2D eigenvalue weighted by Crippen LogP contribution is -2.47. The predicted octanol–water partition coefficient (Wildman–Crippen LogP) is 4.04. The van der Waals surface area contributed by atoms with Gasteiger partial charge in [-0.15, -0.1) is 11.3 Å². The quantitative estimate of drug-likeness (QED) is 0.346. The van der Waals surface area contributed by atoms with Gasteiger partial charge in [-0.2, -0.15) is 0 Å². The minimum atomic E-state index is -1.08. The number of piperazine rings is 1. The van der Waals surface area contributed by atoms with E-state index in [1.54, 1.807) is 6.07 Å². The van der Waals surface area contributed by atoms with Crippen LogP contribution < -0.4 is 10.5 Å². The van der Waals surface area contributed by atoms with Gasteiger partial charge in [0.2, 0.25) is 5.56 Å². The Bertz CT molecular complexity index is 1390. The molecule has 1 aliphatic rings. The van der Waals surface area contributed by atoms with Gasteiger partial charge in [-0.3, -0.25) is 19.3 Å². The number of carboxylic acid groups (broad SMARTS) is 2. The number of thiophene rings is 1. The summed E-state index contributed by atoms with van der Waals surface area (Å²) < 4.78 is 1.37. The minimum Gasteiger partial charge on any atom is -0.481 e. The van der Waals surface area contributed by atoms with Crippen LogP contribution in [0.2, 0.25) is 0 Å². The molecule has 4 aromatic rings. The summed E-state index contributed by atoms with van der Waals surface area (Å²) in [7, 11) is 0. The summed E-state index contributed by atoms with van der Waals surface area (Å²) in [4.78, 5) is 38.8. The van der Waals surface area contributed by atoms with Crippen molar-refractivity contribution in [1.29, 1.82) is 0 Å². The smallest absolute Gasteiger partial charge is 0.303 e. The van der Waals surface area contributed by atoms with Gasteiger partial charge in [0, 0.05) is 60.1 Å². The molecule has 1 fully saturated rings. The van der Waals surface area contributed by atoms with Crippen LogP contribution in [0.1, 0.15) is 18.4 Å². The van der Waals surface area contributed by atoms with Crippen LogP contribution in [0.3, 0.4) is 0 Å². The lowest BCUT2D eigenvalue weighted by atomic mass is 10.1. The average molecular weight is 508 g/mol. The standard InChI is InChI=1S/C23H23N3OS.C4H6O4/c27-23-7-6-18-5-4-17(16-20(18)24-23)8-10-25-11-13-26(14-12-25)21-2-1-3-22-19(21)9-15-28-22;5-3(6)1-2-4(7)8/h1-7,9,15-16H,8,10-14H2,(H,24,27);1-2H2,(H,5,6)(H,7,8). The van der Waals surface area contributed by atoms with Crippen LogP contribution in [-0.2, 0) is 16.0 Å². The highest BCUT2D eigenvalue weighted by Crippen LogP contribution is 2.31. The fourth-order valence-electron chi connectivity index (χ4n) is 4.32. The van der Waals surface area contributed by atoms with Gasteiger partial charge in [0.25, 0.3) is 0 Å². The lowest BCUT2D eigenvalue weighted by molar-refractivity contribution is -0.143. The first-order valence-electron chi connectivity index (χ1n) is 11.9. The van der Waals surface area contributed by atoms with E-state index in [1.807, 2.05) is 17.4 Å². The summed E-state index contributed by atoms with van der Waals surface area (Å²) in [6, 6.07) is 18.7. The highest BCUT2D eigenvalue weighted by atomic mass is 32.1. The summed E-state index contributed by atoms with van der Waals surface area (Å²) in [6.07, 6.45) is 0.414. The number of rotatable bonds is 7. The molecule has 2 aromatic heterocycles. The molecule has 0 atom stereocenters. The topological polar surface area (TPSA) is 114 Å². The van der Waals surface area contributed by atoms with E-state index in [1.165, 1.54) is 21.3 Å². The number of aliphatic carboxylic acids is 2. The lowest BCUT2D eigenvalue weighted by Gasteiger charge is -2.36. The van der Waals surface area contributed by atoms with Gasteiger partial charge in [-0.25, -0.2) is 0 Å². The van der Waals surface area contributed by atoms with Crippen molar-refractivity contribution in [3.63, 3.8) is 0 Å². The van der Waals surface area contributed by atoms with E-state index in [9.17, 15) is 14.4 Å². The Morgan fingerprint density at radius 2 is 1.64 bits per heavy atom. The molecule has 36 heavy (non-hydrogen) atoms. The number of nitrogens with zero attached hydrogens (tertiary/aromatic N) is 2. The zero-order valence-corrected chi connectivity index (χ0v) is 20.7. The van der Waals surface area contributed by atoms with Crippen LogP contribution in [0.15, 0.2) is 64.8 Å². The van der Waals surface area contributed by atoms with E-state index in [0.29, 0.717) is 0 Å². The predicted molar refractivity (Wildman–Crippen MR) is 143 cm³/mol. The molecule has 0 radical (unpaired) electrons. The second-order valence-electron chi connectivity index (χ2n) is 8.72. The number of carbonyl (C=O) groups is 2. The van der Waals surface area contributed by atoms with Crippen LogP contribution in [0.5, 0.6) is 0 Å². The molecule has 3 N–H and O–H groups in total. The van der Waals surface area contributed by atoms with Crippen molar-refractivity contribution in [3.05, 3.63) is 75.9 Å². The highest BCUT2D eigenvalue weighted by molar-refractivity contribution is 7.17. The second kappa shape index (κ2) is 11.8. The molecule has 0 amide bonds. The number of nitrogens with one attached hydrogen (secondary N) is 1. The normalized spacial score (nSPS) is 13.9. The zero-order chi connectivity index (χ0) is 25.5. The number of aromatic amines is 1. The van der Waals surface area contributed by atoms with Gasteiger partial charge in [0.1, 0.15) is 0 Å². The molecule has 1 saturated heterocycles. The molecular weight excluding hydrogens is 478 g/mol. The molecule has 2 aromatic carbocycles. The molecule has 3 heterocycles. The summed E-state index contributed by atoms with van der Waals surface area (Å²) >= 11 is 1.81. The molecule has 5 rings (SSSR count). The van der Waals surface area contributed by atoms with Crippen molar-refractivity contribution >= 4 is 50.0 Å². The first kappa shape index (κ1) is 25.4. The van der Waals surface area contributed by atoms with Crippen molar-refractivity contribution < 1.29 is 19.8 Å². The van der Waals surface area contributed by atoms with Crippen LogP contribution in [0, 0.1) is 0 Å². The number of H-pyrrole nitrogens is 1. The van der Waals surface area contributed by atoms with Crippen LogP contribution in [-0.4, -0.2) is 64.8 Å². The fraction of sp³-hybridized carbons (Fsp3) is 0.296. The molecule has 8 nitrogen and oxygen atoms in total. The Morgan fingerprint density at radius 1 is 0.917 bits per heavy atom. The number of benzene rings is 2. The zero-order valence-electron chi connectivity index (χ0n) is 19.9. The Balaban J connectivity index is 0.000000331. The molecule has 1 aliphatic heterocycles. The van der Waals surface area contributed by atoms with Gasteiger partial charge >= 0.3 is 11.9 Å². The summed E-state index contributed by atoms with van der Waals surface area (Å²) in [5.74, 6) is -2.15. The van der Waals surface area contributed by atoms with E-state index in [4.69, 9.17) is 10.2 Å². The van der Waals surface area contributed by atoms with Gasteiger partial charge < -0.3 is 20.1 Å². The molecule has 188 valence electrons. The molecule has 0 spiro atoms. The maximum absolute atomic E-state index is 11.5. The molecular formula is C27H29N3O5S. The molecule has 0 saturated carbocycles. The number of carboxylic acids is 2. The Morgan fingerprint density at radius 3 is 2.36 bits per heavy atom. The largest absolute Gasteiger partial charge is 0.481 e. The van der Waals surface area contributed by atoms with Crippen molar-refractivity contribution in [2.75, 3.05) is 37.6 Å². The van der Waals surface area contributed by atoms with Crippen LogP contribution in [0.4, 0.5) is 5.69 Å². The van der Waals surface area contributed by atoms with E-state index < -0.39 is 11.9 Å². The fourth-order valence-corrected chi connectivity index (χ4v) is 5.13. The molecule has 0 aliphatic carbocycles. The molecule has 9 heteroatoms. The summed E-state index contributed by atoms with van der Waals surface area (Å²) in [6.45, 7) is 5.37. The third-order valence-electron chi connectivity index (χ3n) is 6.25. The Hall–Kier alpha value is -3.69. The van der Waals surface area contributed by atoms with Crippen molar-refractivity contribution in [2.24, 2.45) is 0 Å². The van der Waals surface area contributed by atoms with Crippen molar-refractivity contribution in [1.82, 2.24) is 9.88 Å². The maximum Gasteiger partial charge on any atom is 0.303 e. The third kappa shape index (κ3) is 6.71. The average Bonchev–Trinajstić information content (AvgIpc) is 3.36. The first-order valence-corrected chi connectivity index (χ1v) is 12.8. The summed E-state index contributed by atoms with van der Waals surface area (Å²) in [5, 5.41) is 20.4. The number of pyridine rings is 1. The minimum absolute atomic E-state index is 0.0404. The molecule has 0 unspecified atom stereocenters. The number of hydrogen-bond acceptors (Lipinski definition) is 6. The van der Waals surface area contributed by atoms with E-state index >= 15 is 0 Å². The number of aromatic nitrogens is 1. The van der Waals surface area contributed by atoms with Gasteiger partial charge in [0.15, 0.2) is 0 Å². The number of anilines is 1. The summed E-state index contributed by atoms with van der Waals surface area (Å²) in [5.41, 5.74) is 3.54. The number of hydrogen-bond donors (Lipinski definition) is 3. The number of fused-ring (bicyclic) bond motifs is 2. The van der Waals surface area contributed by atoms with Gasteiger partial charge in [0.05, 0.1) is 12.8 Å². The SMILES string of the molecule is O=C(O)CCC(=O)O.O=c1ccc2ccc(CCN3CCN(c4cccc5sccc45)CC3)cc2[nH]1. The second-order valence-corrected chi connectivity index (χ2v) is 9.67. The van der Waals surface area contributed by atoms with E-state index in [0.717, 1.165) is 50.0 Å². The Labute approximate surface area is 212 Å². The van der Waals surface area contributed by atoms with Gasteiger partial charge in [-0.1, -0.05) is 18.2 Å². The van der Waals surface area contributed by atoms with Gasteiger partial charge in [-0.05, 0) is 53.1 Å². The van der Waals surface area contributed by atoms with Crippen LogP contribution in [0.25, 0.3) is 21.0 Å². The van der Waals surface area contributed by atoms with E-state index in [2.05, 4.69) is 62.6 Å². The third-order valence-corrected chi connectivity index (χ3v) is 7.13. The monoisotopic (exact) mass is 507 g/mol. The van der Waals surface area contributed by atoms with E-state index in [-0.39, 0.29) is 18.4 Å². The maximum atomic E-state index is 11.5. The Kier molecular flexibility index (Phi) is 8.35. The van der Waals surface area contributed by atoms with Crippen LogP contribution >= 0.6 is 11.3 Å². The first-order chi connectivity index (χ1) is 17.4. The highest BCUT2D eigenvalue weighted by Gasteiger charge is 2.18. The molecule has 0 bridgehead atoms.